The van der Waals surface area contributed by atoms with Gasteiger partial charge >= 0.3 is 0 Å². The minimum Gasteiger partial charge on any atom is -0.350 e. The van der Waals surface area contributed by atoms with Gasteiger partial charge in [-0.05, 0) is 30.5 Å². The third-order valence-electron chi connectivity index (χ3n) is 5.56. The number of para-hydroxylation sites is 1. The number of nitrogens with zero attached hydrogens (tertiary/aromatic N) is 2. The van der Waals surface area contributed by atoms with Gasteiger partial charge in [0.1, 0.15) is 6.54 Å². The first-order valence-corrected chi connectivity index (χ1v) is 10.00. The van der Waals surface area contributed by atoms with Crippen LogP contribution in [0.2, 0.25) is 0 Å². The largest absolute Gasteiger partial charge is 0.350 e. The molecule has 4 rings (SSSR count). The first-order valence-electron chi connectivity index (χ1n) is 10.00. The van der Waals surface area contributed by atoms with Gasteiger partial charge in [0.25, 0.3) is 0 Å². The summed E-state index contributed by atoms with van der Waals surface area (Å²) < 4.78 is 1.89. The van der Waals surface area contributed by atoms with Crippen molar-refractivity contribution in [3.05, 3.63) is 66.1 Å². The van der Waals surface area contributed by atoms with Crippen molar-refractivity contribution in [1.82, 2.24) is 14.9 Å². The van der Waals surface area contributed by atoms with E-state index in [2.05, 4.69) is 10.3 Å². The number of Topliss-reactive ketones (excluding diaryl/α,β-unsaturated/α-hetero) is 1. The summed E-state index contributed by atoms with van der Waals surface area (Å²) in [5, 5.41) is 3.87. The number of amides is 1. The van der Waals surface area contributed by atoms with Crippen LogP contribution in [0.5, 0.6) is 0 Å². The van der Waals surface area contributed by atoms with E-state index in [4.69, 9.17) is 0 Å². The topological polar surface area (TPSA) is 64.0 Å². The molecule has 0 bridgehead atoms. The van der Waals surface area contributed by atoms with Crippen LogP contribution >= 0.6 is 0 Å². The summed E-state index contributed by atoms with van der Waals surface area (Å²) in [5.41, 5.74) is 2.64. The molecule has 5 heteroatoms. The highest BCUT2D eigenvalue weighted by Gasteiger charge is 2.25. The Balaban J connectivity index is 1.52. The first kappa shape index (κ1) is 18.4. The average molecular weight is 375 g/mol. The highest BCUT2D eigenvalue weighted by atomic mass is 16.2. The number of aromatic nitrogens is 2. The normalized spacial score (nSPS) is 14.9. The molecule has 2 heterocycles. The van der Waals surface area contributed by atoms with Crippen molar-refractivity contribution in [3.63, 3.8) is 0 Å². The molecule has 28 heavy (non-hydrogen) atoms. The number of carbonyl (C=O) groups is 2. The Labute approximate surface area is 164 Å². The van der Waals surface area contributed by atoms with Crippen molar-refractivity contribution >= 4 is 22.6 Å². The van der Waals surface area contributed by atoms with Crippen molar-refractivity contribution < 1.29 is 9.59 Å². The van der Waals surface area contributed by atoms with Gasteiger partial charge in [-0.25, -0.2) is 0 Å². The summed E-state index contributed by atoms with van der Waals surface area (Å²) in [6.45, 7) is 0.637. The summed E-state index contributed by atoms with van der Waals surface area (Å²) >= 11 is 0. The molecule has 5 nitrogen and oxygen atoms in total. The molecule has 0 aliphatic heterocycles. The Bertz CT molecular complexity index is 972. The lowest BCUT2D eigenvalue weighted by Crippen LogP contribution is -2.27. The van der Waals surface area contributed by atoms with E-state index in [1.807, 2.05) is 47.2 Å². The molecular weight excluding hydrogens is 350 g/mol. The van der Waals surface area contributed by atoms with E-state index in [0.717, 1.165) is 47.7 Å². The van der Waals surface area contributed by atoms with E-state index < -0.39 is 0 Å². The highest BCUT2D eigenvalue weighted by molar-refractivity contribution is 6.09. The number of benzene rings is 1. The second-order valence-electron chi connectivity index (χ2n) is 7.53. The molecule has 1 saturated carbocycles. The number of hydrogen-bond donors (Lipinski definition) is 1. The molecule has 144 valence electrons. The number of pyridine rings is 1. The Morgan fingerprint density at radius 2 is 1.89 bits per heavy atom. The van der Waals surface area contributed by atoms with E-state index in [9.17, 15) is 9.59 Å². The van der Waals surface area contributed by atoms with Crippen LogP contribution in [-0.4, -0.2) is 21.2 Å². The van der Waals surface area contributed by atoms with Crippen LogP contribution in [0.15, 0.2) is 55.0 Å². The quantitative estimate of drug-likeness (QED) is 0.659. The highest BCUT2D eigenvalue weighted by Crippen LogP contribution is 2.30. The molecule has 1 amide bonds. The van der Waals surface area contributed by atoms with Gasteiger partial charge in [0.05, 0.1) is 0 Å². The van der Waals surface area contributed by atoms with Crippen molar-refractivity contribution in [2.75, 3.05) is 0 Å². The van der Waals surface area contributed by atoms with Crippen molar-refractivity contribution in [1.29, 1.82) is 0 Å². The van der Waals surface area contributed by atoms with Crippen LogP contribution in [0.3, 0.4) is 0 Å². The van der Waals surface area contributed by atoms with Gasteiger partial charge in [-0.2, -0.15) is 0 Å². The lowest BCUT2D eigenvalue weighted by atomic mass is 9.84. The number of rotatable bonds is 6. The van der Waals surface area contributed by atoms with Gasteiger partial charge in [-0.15, -0.1) is 0 Å². The number of ketones is 1. The molecule has 1 aromatic carbocycles. The van der Waals surface area contributed by atoms with Gasteiger partial charge in [0, 0.05) is 47.5 Å². The molecule has 0 atom stereocenters. The van der Waals surface area contributed by atoms with E-state index >= 15 is 0 Å². The second kappa shape index (κ2) is 8.38. The number of hydrogen-bond acceptors (Lipinski definition) is 3. The summed E-state index contributed by atoms with van der Waals surface area (Å²) in [6.07, 6.45) is 10.8. The third-order valence-corrected chi connectivity index (χ3v) is 5.56. The molecule has 2 aromatic heterocycles. The van der Waals surface area contributed by atoms with Crippen molar-refractivity contribution in [2.45, 2.75) is 45.2 Å². The molecule has 0 unspecified atom stereocenters. The molecular formula is C23H25N3O2. The molecule has 0 saturated heterocycles. The van der Waals surface area contributed by atoms with Crippen LogP contribution in [0.1, 0.15) is 48.0 Å². The Morgan fingerprint density at radius 3 is 2.68 bits per heavy atom. The molecule has 0 radical (unpaired) electrons. The van der Waals surface area contributed by atoms with Gasteiger partial charge in [0.15, 0.2) is 5.78 Å². The number of carbonyl (C=O) groups excluding carboxylic acids is 2. The van der Waals surface area contributed by atoms with Gasteiger partial charge in [-0.1, -0.05) is 43.5 Å². The molecule has 1 fully saturated rings. The zero-order valence-corrected chi connectivity index (χ0v) is 15.9. The van der Waals surface area contributed by atoms with Crippen molar-refractivity contribution in [3.8, 4) is 0 Å². The Morgan fingerprint density at radius 1 is 1.07 bits per heavy atom. The van der Waals surface area contributed by atoms with Crippen LogP contribution in [0.25, 0.3) is 10.9 Å². The third kappa shape index (κ3) is 3.98. The number of nitrogens with one attached hydrogen (secondary N) is 1. The lowest BCUT2D eigenvalue weighted by molar-refractivity contribution is -0.121. The predicted molar refractivity (Wildman–Crippen MR) is 109 cm³/mol. The van der Waals surface area contributed by atoms with E-state index in [-0.39, 0.29) is 24.2 Å². The van der Waals surface area contributed by atoms with Gasteiger partial charge < -0.3 is 9.88 Å². The van der Waals surface area contributed by atoms with E-state index in [0.29, 0.717) is 6.54 Å². The summed E-state index contributed by atoms with van der Waals surface area (Å²) in [6, 6.07) is 11.6. The minimum atomic E-state index is -0.0822. The van der Waals surface area contributed by atoms with Crippen LogP contribution in [0, 0.1) is 5.92 Å². The van der Waals surface area contributed by atoms with E-state index in [1.165, 1.54) is 6.42 Å². The zero-order valence-electron chi connectivity index (χ0n) is 15.9. The average Bonchev–Trinajstić information content (AvgIpc) is 3.11. The molecule has 1 aliphatic rings. The molecule has 0 spiro atoms. The summed E-state index contributed by atoms with van der Waals surface area (Å²) in [5.74, 6) is 0.263. The van der Waals surface area contributed by atoms with Gasteiger partial charge in [-0.3, -0.25) is 14.6 Å². The Kier molecular flexibility index (Phi) is 5.51. The maximum Gasteiger partial charge on any atom is 0.240 e. The van der Waals surface area contributed by atoms with E-state index in [1.54, 1.807) is 12.4 Å². The predicted octanol–water partition coefficient (Wildman–Crippen LogP) is 4.12. The molecule has 1 aliphatic carbocycles. The molecule has 3 aromatic rings. The maximum atomic E-state index is 13.1. The van der Waals surface area contributed by atoms with Gasteiger partial charge in [0.2, 0.25) is 5.91 Å². The smallest absolute Gasteiger partial charge is 0.240 e. The SMILES string of the molecule is O=C(Cn1cc(C(=O)C2CCCCC2)c2ccccc21)NCc1cccnc1. The zero-order chi connectivity index (χ0) is 19.3. The van der Waals surface area contributed by atoms with Crippen LogP contribution in [-0.2, 0) is 17.9 Å². The van der Waals surface area contributed by atoms with Crippen molar-refractivity contribution in [2.24, 2.45) is 5.92 Å². The lowest BCUT2D eigenvalue weighted by Gasteiger charge is -2.19. The standard InChI is InChI=1S/C23H25N3O2/c27-22(25-14-17-7-6-12-24-13-17)16-26-15-20(19-10-4-5-11-21(19)26)23(28)18-8-2-1-3-9-18/h4-7,10-13,15,18H,1-3,8-9,14,16H2,(H,25,27). The fourth-order valence-electron chi connectivity index (χ4n) is 4.07. The maximum absolute atomic E-state index is 13.1. The fourth-order valence-corrected chi connectivity index (χ4v) is 4.07. The minimum absolute atomic E-state index is 0.0822. The first-order chi connectivity index (χ1) is 13.7. The second-order valence-corrected chi connectivity index (χ2v) is 7.53. The summed E-state index contributed by atoms with van der Waals surface area (Å²) in [4.78, 5) is 29.6. The molecule has 1 N–H and O–H groups in total. The fraction of sp³-hybridized carbons (Fsp3) is 0.348. The van der Waals surface area contributed by atoms with Crippen LogP contribution < -0.4 is 5.32 Å². The summed E-state index contributed by atoms with van der Waals surface area (Å²) in [7, 11) is 0. The number of fused-ring (bicyclic) bond motifs is 1. The monoisotopic (exact) mass is 375 g/mol. The Hall–Kier alpha value is -2.95. The van der Waals surface area contributed by atoms with Crippen LogP contribution in [0.4, 0.5) is 0 Å².